The largest absolute Gasteiger partial charge is 0.275 e. The highest BCUT2D eigenvalue weighted by atomic mass is 16.2. The fraction of sp³-hybridized carbons (Fsp3) is 0.375. The molecule has 1 aromatic carbocycles. The molecule has 4 amide bonds. The summed E-state index contributed by atoms with van der Waals surface area (Å²) in [5.41, 5.74) is -1.04. The quantitative estimate of drug-likeness (QED) is 0.765. The standard InChI is InChI=1S/C16H18N2O4/c1-4-16(13-8-6-5-7-9-13)14(21)17(11(2)19)10-18(12(3)20)15(16)22/h5-9H,4,10H2,1-3H3. The van der Waals surface area contributed by atoms with Gasteiger partial charge in [-0.2, -0.15) is 0 Å². The summed E-state index contributed by atoms with van der Waals surface area (Å²) in [5, 5.41) is 0. The van der Waals surface area contributed by atoms with E-state index in [9.17, 15) is 19.2 Å². The van der Waals surface area contributed by atoms with Crippen molar-refractivity contribution >= 4 is 23.6 Å². The average molecular weight is 302 g/mol. The molecule has 2 rings (SSSR count). The zero-order valence-corrected chi connectivity index (χ0v) is 12.8. The van der Waals surface area contributed by atoms with Crippen molar-refractivity contribution in [2.24, 2.45) is 0 Å². The third-order valence-electron chi connectivity index (χ3n) is 4.06. The number of hydrogen-bond acceptors (Lipinski definition) is 4. The van der Waals surface area contributed by atoms with Gasteiger partial charge in [0.05, 0.1) is 0 Å². The van der Waals surface area contributed by atoms with E-state index in [-0.39, 0.29) is 13.1 Å². The number of benzene rings is 1. The Morgan fingerprint density at radius 1 is 1.00 bits per heavy atom. The summed E-state index contributed by atoms with van der Waals surface area (Å²) in [6, 6.07) is 8.55. The summed E-state index contributed by atoms with van der Waals surface area (Å²) in [5.74, 6) is -2.12. The van der Waals surface area contributed by atoms with Crippen molar-refractivity contribution in [1.82, 2.24) is 9.80 Å². The van der Waals surface area contributed by atoms with Gasteiger partial charge in [0.25, 0.3) is 11.8 Å². The average Bonchev–Trinajstić information content (AvgIpc) is 2.48. The predicted octanol–water partition coefficient (Wildman–Crippen LogP) is 1.06. The lowest BCUT2D eigenvalue weighted by Crippen LogP contribution is -2.66. The van der Waals surface area contributed by atoms with Gasteiger partial charge in [0.2, 0.25) is 11.8 Å². The second kappa shape index (κ2) is 5.71. The molecule has 6 nitrogen and oxygen atoms in total. The molecular weight excluding hydrogens is 284 g/mol. The number of amides is 4. The number of carbonyl (C=O) groups is 4. The van der Waals surface area contributed by atoms with Crippen LogP contribution >= 0.6 is 0 Å². The number of carbonyl (C=O) groups excluding carboxylic acids is 4. The Morgan fingerprint density at radius 3 is 1.82 bits per heavy atom. The van der Waals surface area contributed by atoms with Gasteiger partial charge in [-0.15, -0.1) is 0 Å². The SMILES string of the molecule is CCC1(c2ccccc2)C(=O)N(C(C)=O)CN(C(C)=O)C1=O. The molecule has 1 heterocycles. The molecule has 6 heteroatoms. The first-order valence-corrected chi connectivity index (χ1v) is 7.06. The van der Waals surface area contributed by atoms with Crippen molar-refractivity contribution in [1.29, 1.82) is 0 Å². The van der Waals surface area contributed by atoms with Crippen LogP contribution in [0.25, 0.3) is 0 Å². The summed E-state index contributed by atoms with van der Waals surface area (Å²) in [7, 11) is 0. The first-order valence-electron chi connectivity index (χ1n) is 7.06. The lowest BCUT2D eigenvalue weighted by Gasteiger charge is -2.43. The van der Waals surface area contributed by atoms with Gasteiger partial charge in [-0.3, -0.25) is 29.0 Å². The van der Waals surface area contributed by atoms with Gasteiger partial charge in [-0.1, -0.05) is 37.3 Å². The van der Waals surface area contributed by atoms with Gasteiger partial charge in [0.15, 0.2) is 5.41 Å². The second-order valence-electron chi connectivity index (χ2n) is 5.27. The van der Waals surface area contributed by atoms with Crippen LogP contribution in [0.1, 0.15) is 32.8 Å². The van der Waals surface area contributed by atoms with E-state index in [0.717, 1.165) is 9.80 Å². The molecule has 116 valence electrons. The minimum atomic E-state index is -1.53. The Balaban J connectivity index is 2.66. The van der Waals surface area contributed by atoms with Gasteiger partial charge < -0.3 is 0 Å². The zero-order chi connectivity index (χ0) is 16.5. The molecule has 0 aliphatic carbocycles. The van der Waals surface area contributed by atoms with Crippen LogP contribution in [0.3, 0.4) is 0 Å². The number of imide groups is 2. The molecule has 0 saturated carbocycles. The van der Waals surface area contributed by atoms with Gasteiger partial charge in [0.1, 0.15) is 6.67 Å². The Hall–Kier alpha value is -2.50. The molecule has 0 spiro atoms. The summed E-state index contributed by atoms with van der Waals surface area (Å²) in [6.45, 7) is 3.87. The van der Waals surface area contributed by atoms with E-state index in [0.29, 0.717) is 5.56 Å². The van der Waals surface area contributed by atoms with Crippen molar-refractivity contribution < 1.29 is 19.2 Å². The lowest BCUT2D eigenvalue weighted by atomic mass is 9.74. The van der Waals surface area contributed by atoms with Crippen molar-refractivity contribution in [3.63, 3.8) is 0 Å². The number of rotatable bonds is 2. The van der Waals surface area contributed by atoms with Crippen LogP contribution in [-0.2, 0) is 24.6 Å². The summed E-state index contributed by atoms with van der Waals surface area (Å²) < 4.78 is 0. The third kappa shape index (κ3) is 2.20. The molecule has 22 heavy (non-hydrogen) atoms. The van der Waals surface area contributed by atoms with Crippen LogP contribution in [0.5, 0.6) is 0 Å². The van der Waals surface area contributed by atoms with Crippen LogP contribution in [0.4, 0.5) is 0 Å². The maximum Gasteiger partial charge on any atom is 0.250 e. The van der Waals surface area contributed by atoms with Crippen molar-refractivity contribution in [3.05, 3.63) is 35.9 Å². The molecule has 0 radical (unpaired) electrons. The second-order valence-corrected chi connectivity index (χ2v) is 5.27. The highest BCUT2D eigenvalue weighted by Crippen LogP contribution is 2.36. The smallest absolute Gasteiger partial charge is 0.250 e. The molecule has 1 fully saturated rings. The molecular formula is C16H18N2O4. The number of nitrogens with zero attached hydrogens (tertiary/aromatic N) is 2. The fourth-order valence-corrected chi connectivity index (χ4v) is 2.78. The molecule has 0 N–H and O–H groups in total. The van der Waals surface area contributed by atoms with Crippen molar-refractivity contribution in [2.45, 2.75) is 32.6 Å². The molecule has 0 aromatic heterocycles. The van der Waals surface area contributed by atoms with Crippen LogP contribution in [0, 0.1) is 0 Å². The van der Waals surface area contributed by atoms with E-state index < -0.39 is 29.0 Å². The van der Waals surface area contributed by atoms with E-state index in [1.165, 1.54) is 13.8 Å². The van der Waals surface area contributed by atoms with E-state index in [1.54, 1.807) is 37.3 Å². The minimum absolute atomic E-state index is 0.169. The summed E-state index contributed by atoms with van der Waals surface area (Å²) in [6.07, 6.45) is 0.169. The summed E-state index contributed by atoms with van der Waals surface area (Å²) >= 11 is 0. The highest BCUT2D eigenvalue weighted by Gasteiger charge is 2.55. The Bertz CT molecular complexity index is 607. The molecule has 1 aliphatic rings. The first kappa shape index (κ1) is 15.9. The zero-order valence-electron chi connectivity index (χ0n) is 12.8. The van der Waals surface area contributed by atoms with Gasteiger partial charge in [0, 0.05) is 13.8 Å². The summed E-state index contributed by atoms with van der Waals surface area (Å²) in [4.78, 5) is 51.2. The van der Waals surface area contributed by atoms with Crippen LogP contribution in [0.15, 0.2) is 30.3 Å². The minimum Gasteiger partial charge on any atom is -0.275 e. The van der Waals surface area contributed by atoms with Gasteiger partial charge in [-0.05, 0) is 12.0 Å². The molecule has 1 aliphatic heterocycles. The van der Waals surface area contributed by atoms with Crippen LogP contribution in [0.2, 0.25) is 0 Å². The maximum absolute atomic E-state index is 12.8. The molecule has 0 unspecified atom stereocenters. The Labute approximate surface area is 128 Å². The molecule has 1 saturated heterocycles. The van der Waals surface area contributed by atoms with Crippen LogP contribution in [-0.4, -0.2) is 40.1 Å². The highest BCUT2D eigenvalue weighted by molar-refractivity contribution is 6.19. The van der Waals surface area contributed by atoms with E-state index in [4.69, 9.17) is 0 Å². The monoisotopic (exact) mass is 302 g/mol. The topological polar surface area (TPSA) is 74.8 Å². The normalized spacial score (nSPS) is 17.6. The molecule has 1 aromatic rings. The fourth-order valence-electron chi connectivity index (χ4n) is 2.78. The lowest BCUT2D eigenvalue weighted by molar-refractivity contribution is -0.168. The molecule has 0 bridgehead atoms. The van der Waals surface area contributed by atoms with Gasteiger partial charge in [-0.25, -0.2) is 0 Å². The van der Waals surface area contributed by atoms with Crippen molar-refractivity contribution in [2.75, 3.05) is 6.67 Å². The number of hydrogen-bond donors (Lipinski definition) is 0. The van der Waals surface area contributed by atoms with E-state index in [2.05, 4.69) is 0 Å². The van der Waals surface area contributed by atoms with E-state index in [1.807, 2.05) is 0 Å². The van der Waals surface area contributed by atoms with Gasteiger partial charge >= 0.3 is 0 Å². The third-order valence-corrected chi connectivity index (χ3v) is 4.06. The molecule has 0 atom stereocenters. The van der Waals surface area contributed by atoms with Crippen LogP contribution < -0.4 is 0 Å². The Morgan fingerprint density at radius 2 is 1.45 bits per heavy atom. The Kier molecular flexibility index (Phi) is 4.12. The van der Waals surface area contributed by atoms with Crippen molar-refractivity contribution in [3.8, 4) is 0 Å². The van der Waals surface area contributed by atoms with E-state index >= 15 is 0 Å². The first-order chi connectivity index (χ1) is 10.4. The maximum atomic E-state index is 12.8. The predicted molar refractivity (Wildman–Crippen MR) is 78.3 cm³/mol.